The molecular formula is C72H53N3. The number of para-hydroxylation sites is 4. The van der Waals surface area contributed by atoms with Crippen LogP contribution in [0.4, 0.5) is 34.1 Å². The summed E-state index contributed by atoms with van der Waals surface area (Å²) in [6.07, 6.45) is 0. The predicted octanol–water partition coefficient (Wildman–Crippen LogP) is 20.4. The van der Waals surface area contributed by atoms with Gasteiger partial charge in [0.05, 0.1) is 27.9 Å². The lowest BCUT2D eigenvalue weighted by molar-refractivity contribution is 0.590. The van der Waals surface area contributed by atoms with Crippen molar-refractivity contribution in [2.24, 2.45) is 0 Å². The number of hydrogen-bond donors (Lipinski definition) is 0. The molecule has 0 aliphatic heterocycles. The quantitative estimate of drug-likeness (QED) is 0.143. The van der Waals surface area contributed by atoms with Crippen LogP contribution in [0.5, 0.6) is 0 Å². The minimum absolute atomic E-state index is 0.0670. The van der Waals surface area contributed by atoms with E-state index < -0.39 is 0 Å². The van der Waals surface area contributed by atoms with Crippen molar-refractivity contribution in [3.8, 4) is 33.4 Å². The number of anilines is 6. The molecule has 0 bridgehead atoms. The van der Waals surface area contributed by atoms with Crippen LogP contribution in [-0.2, 0) is 5.41 Å². The molecule has 0 radical (unpaired) electrons. The number of rotatable bonds is 9. The molecule has 0 amide bonds. The second-order valence-corrected chi connectivity index (χ2v) is 21.0. The summed E-state index contributed by atoms with van der Waals surface area (Å²) in [6.45, 7) is 6.85. The first-order valence-corrected chi connectivity index (χ1v) is 26.1. The number of fused-ring (bicyclic) bond motifs is 8. The third kappa shape index (κ3) is 7.58. The highest BCUT2D eigenvalue weighted by Crippen LogP contribution is 2.47. The van der Waals surface area contributed by atoms with Gasteiger partial charge in [-0.1, -0.05) is 191 Å². The highest BCUT2D eigenvalue weighted by atomic mass is 15.1. The van der Waals surface area contributed by atoms with Crippen molar-refractivity contribution in [1.82, 2.24) is 4.40 Å². The molecule has 2 heterocycles. The molecule has 3 heteroatoms. The van der Waals surface area contributed by atoms with Crippen molar-refractivity contribution < 1.29 is 0 Å². The Balaban J connectivity index is 1.00. The van der Waals surface area contributed by atoms with E-state index in [1.54, 1.807) is 0 Å². The van der Waals surface area contributed by atoms with E-state index in [0.29, 0.717) is 0 Å². The second-order valence-electron chi connectivity index (χ2n) is 21.0. The highest BCUT2D eigenvalue weighted by Gasteiger charge is 2.24. The molecule has 12 aromatic carbocycles. The summed E-state index contributed by atoms with van der Waals surface area (Å²) in [5.41, 5.74) is 18.9. The summed E-state index contributed by atoms with van der Waals surface area (Å²) < 4.78 is 2.55. The molecule has 0 aliphatic rings. The van der Waals surface area contributed by atoms with Crippen LogP contribution >= 0.6 is 0 Å². The summed E-state index contributed by atoms with van der Waals surface area (Å²) >= 11 is 0. The van der Waals surface area contributed by atoms with Gasteiger partial charge >= 0.3 is 0 Å². The van der Waals surface area contributed by atoms with Gasteiger partial charge in [0.15, 0.2) is 0 Å². The van der Waals surface area contributed by atoms with Crippen LogP contribution < -0.4 is 9.80 Å². The van der Waals surface area contributed by atoms with Gasteiger partial charge < -0.3 is 14.2 Å². The van der Waals surface area contributed by atoms with Gasteiger partial charge in [-0.25, -0.2) is 0 Å². The van der Waals surface area contributed by atoms with Crippen molar-refractivity contribution in [2.45, 2.75) is 26.2 Å². The standard InChI is InChI=1S/C72H53N3/c1-72(2,3)56-36-32-48(33-37-56)55-44-65-63-42-51-34-38-59(73(57-24-12-6-13-25-57)67-30-18-16-28-61(67)49-20-8-4-9-21-49)40-53(51)46-69(63)75-70-47-54-41-60(39-35-52(54)43-64(70)66(45-55)71(65)75)74(58-26-14-7-15-27-58)68-31-19-17-29-62(68)50-22-10-5-11-23-50/h4-47H,1-3H3. The van der Waals surface area contributed by atoms with Gasteiger partial charge in [0.25, 0.3) is 0 Å². The fourth-order valence-corrected chi connectivity index (χ4v) is 11.7. The monoisotopic (exact) mass is 959 g/mol. The number of nitrogens with zero attached hydrogens (tertiary/aromatic N) is 3. The van der Waals surface area contributed by atoms with Crippen LogP contribution in [0.1, 0.15) is 26.3 Å². The first kappa shape index (κ1) is 44.3. The van der Waals surface area contributed by atoms with Crippen molar-refractivity contribution in [3.63, 3.8) is 0 Å². The van der Waals surface area contributed by atoms with E-state index in [9.17, 15) is 0 Å². The average molecular weight is 960 g/mol. The minimum Gasteiger partial charge on any atom is -0.310 e. The Bertz CT molecular complexity index is 4170. The maximum atomic E-state index is 2.55. The lowest BCUT2D eigenvalue weighted by atomic mass is 9.86. The van der Waals surface area contributed by atoms with Crippen LogP contribution in [0.25, 0.3) is 93.0 Å². The minimum atomic E-state index is 0.0670. The highest BCUT2D eigenvalue weighted by molar-refractivity contribution is 6.27. The molecule has 14 rings (SSSR count). The van der Waals surface area contributed by atoms with E-state index in [-0.39, 0.29) is 5.41 Å². The van der Waals surface area contributed by atoms with Crippen LogP contribution in [-0.4, -0.2) is 4.40 Å². The molecule has 0 saturated heterocycles. The number of benzene rings is 12. The van der Waals surface area contributed by atoms with Crippen molar-refractivity contribution in [1.29, 1.82) is 0 Å². The maximum absolute atomic E-state index is 2.55. The predicted molar refractivity (Wildman–Crippen MR) is 320 cm³/mol. The Hall–Kier alpha value is -9.44. The molecule has 356 valence electrons. The second kappa shape index (κ2) is 17.7. The fourth-order valence-electron chi connectivity index (χ4n) is 11.7. The Kier molecular flexibility index (Phi) is 10.4. The summed E-state index contributed by atoms with van der Waals surface area (Å²) in [7, 11) is 0. The molecule has 0 fully saturated rings. The Morgan fingerprint density at radius 3 is 1.15 bits per heavy atom. The van der Waals surface area contributed by atoms with Gasteiger partial charge in [-0.2, -0.15) is 0 Å². The lowest BCUT2D eigenvalue weighted by Gasteiger charge is -2.28. The zero-order valence-electron chi connectivity index (χ0n) is 42.2. The van der Waals surface area contributed by atoms with Crippen LogP contribution in [0, 0.1) is 0 Å². The molecule has 0 unspecified atom stereocenters. The molecule has 0 saturated carbocycles. The van der Waals surface area contributed by atoms with Gasteiger partial charge in [0.2, 0.25) is 0 Å². The van der Waals surface area contributed by atoms with E-state index >= 15 is 0 Å². The molecule has 0 aliphatic carbocycles. The van der Waals surface area contributed by atoms with Gasteiger partial charge in [-0.15, -0.1) is 0 Å². The van der Waals surface area contributed by atoms with Gasteiger partial charge in [-0.3, -0.25) is 0 Å². The van der Waals surface area contributed by atoms with E-state index in [1.807, 2.05) is 0 Å². The summed E-state index contributed by atoms with van der Waals surface area (Å²) in [4.78, 5) is 4.82. The summed E-state index contributed by atoms with van der Waals surface area (Å²) in [5.74, 6) is 0. The van der Waals surface area contributed by atoms with Gasteiger partial charge in [0, 0.05) is 55.4 Å². The molecule has 3 nitrogen and oxygen atoms in total. The largest absolute Gasteiger partial charge is 0.310 e. The molecule has 14 aromatic rings. The first-order valence-electron chi connectivity index (χ1n) is 26.1. The molecular weight excluding hydrogens is 907 g/mol. The third-order valence-electron chi connectivity index (χ3n) is 15.4. The molecule has 2 aromatic heterocycles. The Morgan fingerprint density at radius 2 is 0.707 bits per heavy atom. The van der Waals surface area contributed by atoms with Gasteiger partial charge in [-0.05, 0) is 152 Å². The molecule has 0 atom stereocenters. The molecule has 75 heavy (non-hydrogen) atoms. The molecule has 0 spiro atoms. The van der Waals surface area contributed by atoms with Crippen LogP contribution in [0.2, 0.25) is 0 Å². The Labute approximate surface area is 437 Å². The zero-order chi connectivity index (χ0) is 50.2. The SMILES string of the molecule is CC(C)(C)c1ccc(-c2cc3c4cc5ccc(N(c6ccccc6)c6ccccc6-c6ccccc6)cc5cc4n4c5cc6cc(N(c7ccccc7)c7ccccc7-c7ccccc7)ccc6cc5c(c2)c34)cc1. The number of aromatic nitrogens is 1. The van der Waals surface area contributed by atoms with Crippen molar-refractivity contribution in [2.75, 3.05) is 9.80 Å². The normalized spacial score (nSPS) is 11.9. The topological polar surface area (TPSA) is 10.9 Å². The van der Waals surface area contributed by atoms with E-state index in [1.165, 1.54) is 98.6 Å². The Morgan fingerprint density at radius 1 is 0.293 bits per heavy atom. The van der Waals surface area contributed by atoms with Crippen molar-refractivity contribution in [3.05, 3.63) is 272 Å². The fraction of sp³-hybridized carbons (Fsp3) is 0.0556. The first-order chi connectivity index (χ1) is 36.8. The number of hydrogen-bond acceptors (Lipinski definition) is 2. The maximum Gasteiger partial charge on any atom is 0.0620 e. The average Bonchev–Trinajstić information content (AvgIpc) is 3.95. The van der Waals surface area contributed by atoms with Crippen LogP contribution in [0.15, 0.2) is 267 Å². The smallest absolute Gasteiger partial charge is 0.0620 e. The third-order valence-corrected chi connectivity index (χ3v) is 15.4. The van der Waals surface area contributed by atoms with E-state index in [4.69, 9.17) is 0 Å². The summed E-state index contributed by atoms with van der Waals surface area (Å²) in [6, 6.07) is 98.3. The lowest BCUT2D eigenvalue weighted by Crippen LogP contribution is -2.11. The molecule has 0 N–H and O–H groups in total. The van der Waals surface area contributed by atoms with Gasteiger partial charge in [0.1, 0.15) is 0 Å². The van der Waals surface area contributed by atoms with Crippen molar-refractivity contribution >= 4 is 93.8 Å². The summed E-state index contributed by atoms with van der Waals surface area (Å²) in [5, 5.41) is 9.81. The van der Waals surface area contributed by atoms with E-state index in [2.05, 4.69) is 302 Å². The zero-order valence-corrected chi connectivity index (χ0v) is 42.2. The van der Waals surface area contributed by atoms with Crippen LogP contribution in [0.3, 0.4) is 0 Å². The van der Waals surface area contributed by atoms with E-state index in [0.717, 1.165) is 34.1 Å².